The molecule has 4 heteroatoms. The van der Waals surface area contributed by atoms with Gasteiger partial charge in [-0.15, -0.1) is 11.8 Å². The molecule has 0 saturated heterocycles. The highest BCUT2D eigenvalue weighted by atomic mass is 32.2. The molecule has 0 aromatic heterocycles. The van der Waals surface area contributed by atoms with Crippen LogP contribution in [0.4, 0.5) is 4.39 Å². The number of nitrogens with zero attached hydrogens (tertiary/aromatic N) is 1. The second-order valence-electron chi connectivity index (χ2n) is 3.85. The number of isocyanates is 1. The summed E-state index contributed by atoms with van der Waals surface area (Å²) in [5, 5.41) is 0.482. The molecular weight excluding hydrogens is 225 g/mol. The van der Waals surface area contributed by atoms with Crippen molar-refractivity contribution in [1.29, 1.82) is 0 Å². The van der Waals surface area contributed by atoms with Gasteiger partial charge in [0.2, 0.25) is 11.9 Å². The summed E-state index contributed by atoms with van der Waals surface area (Å²) in [5.41, 5.74) is 0.365. The number of rotatable bonds is 4. The van der Waals surface area contributed by atoms with Crippen LogP contribution in [-0.2, 0) is 10.6 Å². The summed E-state index contributed by atoms with van der Waals surface area (Å²) < 4.78 is 13.8. The fourth-order valence-corrected chi connectivity index (χ4v) is 2.10. The molecule has 0 N–H and O–H groups in total. The Morgan fingerprint density at radius 2 is 1.94 bits per heavy atom. The van der Waals surface area contributed by atoms with Crippen molar-refractivity contribution in [3.63, 3.8) is 0 Å². The standard InChI is InChI=1S/C12H14FNOS/c1-9(2)16-11-6-4-10(5-7-11)12(3,13)14-8-15/h4-7,9H,1-3H3. The van der Waals surface area contributed by atoms with E-state index in [2.05, 4.69) is 18.8 Å². The molecule has 86 valence electrons. The van der Waals surface area contributed by atoms with Crippen molar-refractivity contribution in [2.45, 2.75) is 36.7 Å². The number of hydrogen-bond acceptors (Lipinski definition) is 3. The Kier molecular flexibility index (Phi) is 4.27. The maximum Gasteiger partial charge on any atom is 0.238 e. The van der Waals surface area contributed by atoms with Crippen molar-refractivity contribution < 1.29 is 9.18 Å². The molecule has 0 aliphatic heterocycles. The minimum absolute atomic E-state index is 0.365. The Morgan fingerprint density at radius 3 is 2.38 bits per heavy atom. The van der Waals surface area contributed by atoms with Crippen LogP contribution >= 0.6 is 11.8 Å². The fraction of sp³-hybridized carbons (Fsp3) is 0.417. The summed E-state index contributed by atoms with van der Waals surface area (Å²) in [4.78, 5) is 14.3. The van der Waals surface area contributed by atoms with E-state index in [-0.39, 0.29) is 0 Å². The average Bonchev–Trinajstić information content (AvgIpc) is 2.17. The molecule has 1 aromatic rings. The van der Waals surface area contributed by atoms with Crippen molar-refractivity contribution in [1.82, 2.24) is 0 Å². The molecule has 0 aliphatic rings. The van der Waals surface area contributed by atoms with Crippen molar-refractivity contribution in [3.05, 3.63) is 29.8 Å². The van der Waals surface area contributed by atoms with Gasteiger partial charge in [0.1, 0.15) is 0 Å². The van der Waals surface area contributed by atoms with Crippen LogP contribution in [-0.4, -0.2) is 11.3 Å². The second-order valence-corrected chi connectivity index (χ2v) is 5.50. The molecule has 0 aliphatic carbocycles. The van der Waals surface area contributed by atoms with E-state index in [0.29, 0.717) is 10.8 Å². The highest BCUT2D eigenvalue weighted by Gasteiger charge is 2.24. The molecule has 0 heterocycles. The zero-order valence-electron chi connectivity index (χ0n) is 9.53. The van der Waals surface area contributed by atoms with Gasteiger partial charge in [-0.1, -0.05) is 26.0 Å². The molecule has 2 nitrogen and oxygen atoms in total. The van der Waals surface area contributed by atoms with Gasteiger partial charge in [-0.2, -0.15) is 4.99 Å². The molecule has 0 spiro atoms. The Balaban J connectivity index is 2.90. The molecule has 0 amide bonds. The van der Waals surface area contributed by atoms with Gasteiger partial charge in [0.05, 0.1) is 0 Å². The van der Waals surface area contributed by atoms with Crippen LogP contribution < -0.4 is 0 Å². The highest BCUT2D eigenvalue weighted by Crippen LogP contribution is 2.29. The first-order valence-corrected chi connectivity index (χ1v) is 5.89. The topological polar surface area (TPSA) is 29.4 Å². The van der Waals surface area contributed by atoms with Crippen LogP contribution in [0.1, 0.15) is 26.3 Å². The maximum atomic E-state index is 13.8. The molecule has 0 radical (unpaired) electrons. The first kappa shape index (κ1) is 12.9. The number of benzene rings is 1. The van der Waals surface area contributed by atoms with E-state index in [1.807, 2.05) is 12.1 Å². The third kappa shape index (κ3) is 3.47. The molecule has 1 atom stereocenters. The van der Waals surface area contributed by atoms with Gasteiger partial charge < -0.3 is 0 Å². The van der Waals surface area contributed by atoms with E-state index in [9.17, 15) is 9.18 Å². The summed E-state index contributed by atoms with van der Waals surface area (Å²) in [6.07, 6.45) is 1.25. The van der Waals surface area contributed by atoms with Crippen molar-refractivity contribution in [2.24, 2.45) is 4.99 Å². The lowest BCUT2D eigenvalue weighted by Gasteiger charge is -2.14. The average molecular weight is 239 g/mol. The number of halogens is 1. The quantitative estimate of drug-likeness (QED) is 0.347. The second kappa shape index (κ2) is 5.28. The smallest absolute Gasteiger partial charge is 0.212 e. The minimum Gasteiger partial charge on any atom is -0.212 e. The Morgan fingerprint density at radius 1 is 1.38 bits per heavy atom. The zero-order valence-corrected chi connectivity index (χ0v) is 10.3. The Labute approximate surface area is 99.0 Å². The summed E-state index contributed by atoms with van der Waals surface area (Å²) in [6.45, 7) is 5.42. The third-order valence-electron chi connectivity index (χ3n) is 2.01. The molecule has 0 saturated carbocycles. The maximum absolute atomic E-state index is 13.8. The lowest BCUT2D eigenvalue weighted by Crippen LogP contribution is -2.10. The number of carbonyl (C=O) groups excluding carboxylic acids is 1. The summed E-state index contributed by atoms with van der Waals surface area (Å²) in [6, 6.07) is 6.95. The van der Waals surface area contributed by atoms with Crippen molar-refractivity contribution >= 4 is 17.8 Å². The zero-order chi connectivity index (χ0) is 12.2. The van der Waals surface area contributed by atoms with Crippen LogP contribution in [0.25, 0.3) is 0 Å². The van der Waals surface area contributed by atoms with Gasteiger partial charge in [-0.05, 0) is 19.1 Å². The number of alkyl halides is 1. The number of aliphatic imine (C=N–C) groups is 1. The van der Waals surface area contributed by atoms with E-state index in [1.54, 1.807) is 23.9 Å². The summed E-state index contributed by atoms with van der Waals surface area (Å²) in [5.74, 6) is -1.98. The number of hydrogen-bond donors (Lipinski definition) is 0. The van der Waals surface area contributed by atoms with Crippen LogP contribution in [0.3, 0.4) is 0 Å². The highest BCUT2D eigenvalue weighted by molar-refractivity contribution is 7.99. The molecule has 16 heavy (non-hydrogen) atoms. The molecule has 1 unspecified atom stereocenters. The van der Waals surface area contributed by atoms with Crippen molar-refractivity contribution in [2.75, 3.05) is 0 Å². The van der Waals surface area contributed by atoms with Crippen LogP contribution in [0.15, 0.2) is 34.2 Å². The summed E-state index contributed by atoms with van der Waals surface area (Å²) >= 11 is 1.70. The van der Waals surface area contributed by atoms with Gasteiger partial charge in [-0.25, -0.2) is 9.18 Å². The first-order chi connectivity index (χ1) is 7.45. The molecule has 0 bridgehead atoms. The SMILES string of the molecule is CC(C)Sc1ccc(C(C)(F)N=C=O)cc1. The van der Waals surface area contributed by atoms with E-state index in [0.717, 1.165) is 4.90 Å². The predicted molar refractivity (Wildman–Crippen MR) is 64.0 cm³/mol. The van der Waals surface area contributed by atoms with Crippen LogP contribution in [0.5, 0.6) is 0 Å². The molecule has 1 aromatic carbocycles. The monoisotopic (exact) mass is 239 g/mol. The van der Waals surface area contributed by atoms with E-state index in [4.69, 9.17) is 0 Å². The lowest BCUT2D eigenvalue weighted by molar-refractivity contribution is 0.206. The molecule has 1 rings (SSSR count). The fourth-order valence-electron chi connectivity index (χ4n) is 1.26. The van der Waals surface area contributed by atoms with Gasteiger partial charge in [0.15, 0.2) is 0 Å². The van der Waals surface area contributed by atoms with E-state index in [1.165, 1.54) is 13.0 Å². The van der Waals surface area contributed by atoms with E-state index >= 15 is 0 Å². The Hall–Kier alpha value is -1.12. The van der Waals surface area contributed by atoms with E-state index < -0.39 is 5.79 Å². The van der Waals surface area contributed by atoms with Crippen LogP contribution in [0, 0.1) is 0 Å². The Bertz CT molecular complexity index is 394. The predicted octanol–water partition coefficient (Wildman–Crippen LogP) is 3.67. The summed E-state index contributed by atoms with van der Waals surface area (Å²) in [7, 11) is 0. The van der Waals surface area contributed by atoms with Gasteiger partial charge >= 0.3 is 0 Å². The van der Waals surface area contributed by atoms with Gasteiger partial charge in [-0.3, -0.25) is 0 Å². The van der Waals surface area contributed by atoms with Crippen molar-refractivity contribution in [3.8, 4) is 0 Å². The van der Waals surface area contributed by atoms with Gasteiger partial charge in [0.25, 0.3) is 0 Å². The van der Waals surface area contributed by atoms with Gasteiger partial charge in [0, 0.05) is 15.7 Å². The lowest BCUT2D eigenvalue weighted by atomic mass is 10.1. The first-order valence-electron chi connectivity index (χ1n) is 5.01. The van der Waals surface area contributed by atoms with Crippen LogP contribution in [0.2, 0.25) is 0 Å². The minimum atomic E-state index is -1.98. The normalized spacial score (nSPS) is 14.3. The third-order valence-corrected chi connectivity index (χ3v) is 3.02. The molecular formula is C12H14FNOS. The number of thioether (sulfide) groups is 1. The largest absolute Gasteiger partial charge is 0.238 e. The molecule has 0 fully saturated rings.